The first kappa shape index (κ1) is 16.3. The van der Waals surface area contributed by atoms with Crippen molar-refractivity contribution in [3.63, 3.8) is 0 Å². The zero-order valence-corrected chi connectivity index (χ0v) is 13.3. The molecule has 2 aromatic carbocycles. The van der Waals surface area contributed by atoms with Crippen molar-refractivity contribution in [2.75, 3.05) is 11.9 Å². The van der Waals surface area contributed by atoms with Crippen molar-refractivity contribution in [2.24, 2.45) is 0 Å². The maximum Gasteiger partial charge on any atom is 0.251 e. The monoisotopic (exact) mass is 336 g/mol. The topological polar surface area (TPSA) is 58.2 Å². The molecule has 0 saturated carbocycles. The Morgan fingerprint density at radius 3 is 2.55 bits per heavy atom. The van der Waals surface area contributed by atoms with Crippen LogP contribution < -0.4 is 10.6 Å². The van der Waals surface area contributed by atoms with Crippen LogP contribution in [0.1, 0.15) is 15.9 Å². The van der Waals surface area contributed by atoms with Crippen molar-refractivity contribution in [1.82, 2.24) is 5.32 Å². The zero-order chi connectivity index (χ0) is 16.1. The van der Waals surface area contributed by atoms with Gasteiger partial charge in [-0.25, -0.2) is 0 Å². The fraction of sp³-hybridized carbons (Fsp3) is 0.125. The molecule has 0 fully saturated rings. The molecule has 0 atom stereocenters. The van der Waals surface area contributed by atoms with E-state index >= 15 is 0 Å². The Labute approximate surface area is 138 Å². The summed E-state index contributed by atoms with van der Waals surface area (Å²) in [5.74, 6) is -0.693. The lowest BCUT2D eigenvalue weighted by atomic mass is 10.1. The minimum absolute atomic E-state index is 0.157. The second-order valence-electron chi connectivity index (χ2n) is 4.70. The minimum atomic E-state index is -0.384. The van der Waals surface area contributed by atoms with Gasteiger partial charge in [-0.3, -0.25) is 9.59 Å². The van der Waals surface area contributed by atoms with Gasteiger partial charge in [0.25, 0.3) is 5.91 Å². The standard InChI is InChI=1S/C16H14Cl2N2O2/c1-10-4-2-5-11(8-10)16(22)19-9-14(21)20-13-7-3-6-12(17)15(13)18/h2-8H,9H2,1H3,(H,19,22)(H,20,21). The third kappa shape index (κ3) is 4.23. The molecular weight excluding hydrogens is 323 g/mol. The third-order valence-corrected chi connectivity index (χ3v) is 3.73. The van der Waals surface area contributed by atoms with Crippen molar-refractivity contribution in [2.45, 2.75) is 6.92 Å². The van der Waals surface area contributed by atoms with Crippen LogP contribution in [0.2, 0.25) is 10.0 Å². The summed E-state index contributed by atoms with van der Waals surface area (Å²) in [7, 11) is 0. The molecule has 2 amide bonds. The second-order valence-corrected chi connectivity index (χ2v) is 5.49. The zero-order valence-electron chi connectivity index (χ0n) is 11.8. The van der Waals surface area contributed by atoms with E-state index in [1.165, 1.54) is 0 Å². The van der Waals surface area contributed by atoms with Crippen LogP contribution in [-0.4, -0.2) is 18.4 Å². The molecule has 2 rings (SSSR count). The van der Waals surface area contributed by atoms with Crippen LogP contribution in [0.4, 0.5) is 5.69 Å². The van der Waals surface area contributed by atoms with Gasteiger partial charge in [-0.15, -0.1) is 0 Å². The second kappa shape index (κ2) is 7.29. The van der Waals surface area contributed by atoms with Gasteiger partial charge in [0, 0.05) is 5.56 Å². The molecule has 0 aliphatic heterocycles. The highest BCUT2D eigenvalue weighted by atomic mass is 35.5. The van der Waals surface area contributed by atoms with E-state index in [-0.39, 0.29) is 23.4 Å². The molecule has 0 spiro atoms. The van der Waals surface area contributed by atoms with Crippen molar-refractivity contribution >= 4 is 40.7 Å². The normalized spacial score (nSPS) is 10.1. The Kier molecular flexibility index (Phi) is 5.41. The Morgan fingerprint density at radius 2 is 1.82 bits per heavy atom. The average molecular weight is 337 g/mol. The highest BCUT2D eigenvalue weighted by Crippen LogP contribution is 2.29. The fourth-order valence-corrected chi connectivity index (χ4v) is 2.19. The fourth-order valence-electron chi connectivity index (χ4n) is 1.84. The van der Waals surface area contributed by atoms with E-state index in [2.05, 4.69) is 10.6 Å². The molecule has 2 N–H and O–H groups in total. The summed E-state index contributed by atoms with van der Waals surface area (Å²) in [6.45, 7) is 1.74. The van der Waals surface area contributed by atoms with Gasteiger partial charge >= 0.3 is 0 Å². The van der Waals surface area contributed by atoms with E-state index in [9.17, 15) is 9.59 Å². The molecule has 0 unspecified atom stereocenters. The van der Waals surface area contributed by atoms with E-state index < -0.39 is 0 Å². The van der Waals surface area contributed by atoms with Crippen LogP contribution >= 0.6 is 23.2 Å². The predicted molar refractivity (Wildman–Crippen MR) is 88.6 cm³/mol. The molecule has 0 aromatic heterocycles. The number of hydrogen-bond acceptors (Lipinski definition) is 2. The maximum absolute atomic E-state index is 11.9. The number of anilines is 1. The Hall–Kier alpha value is -2.04. The summed E-state index contributed by atoms with van der Waals surface area (Å²) in [5.41, 5.74) is 1.89. The summed E-state index contributed by atoms with van der Waals surface area (Å²) < 4.78 is 0. The Morgan fingerprint density at radius 1 is 1.09 bits per heavy atom. The minimum Gasteiger partial charge on any atom is -0.343 e. The highest BCUT2D eigenvalue weighted by molar-refractivity contribution is 6.44. The number of rotatable bonds is 4. The van der Waals surface area contributed by atoms with Crippen molar-refractivity contribution in [1.29, 1.82) is 0 Å². The third-order valence-electron chi connectivity index (χ3n) is 2.92. The number of carbonyl (C=O) groups excluding carboxylic acids is 2. The highest BCUT2D eigenvalue weighted by Gasteiger charge is 2.10. The first-order chi connectivity index (χ1) is 10.5. The number of amides is 2. The molecule has 0 radical (unpaired) electrons. The van der Waals surface area contributed by atoms with Crippen LogP contribution in [0, 0.1) is 6.92 Å². The number of halogens is 2. The lowest BCUT2D eigenvalue weighted by molar-refractivity contribution is -0.115. The SMILES string of the molecule is Cc1cccc(C(=O)NCC(=O)Nc2cccc(Cl)c2Cl)c1. The Bertz CT molecular complexity index is 717. The van der Waals surface area contributed by atoms with Crippen molar-refractivity contribution in [3.8, 4) is 0 Å². The van der Waals surface area contributed by atoms with Crippen molar-refractivity contribution < 1.29 is 9.59 Å². The number of benzene rings is 2. The molecule has 0 aliphatic rings. The summed E-state index contributed by atoms with van der Waals surface area (Å²) in [6, 6.07) is 12.1. The van der Waals surface area contributed by atoms with Crippen LogP contribution in [0.25, 0.3) is 0 Å². The number of hydrogen-bond donors (Lipinski definition) is 2. The summed E-state index contributed by atoms with van der Waals surface area (Å²) in [5, 5.41) is 5.77. The smallest absolute Gasteiger partial charge is 0.251 e. The first-order valence-electron chi connectivity index (χ1n) is 6.56. The molecular formula is C16H14Cl2N2O2. The van der Waals surface area contributed by atoms with Gasteiger partial charge in [0.1, 0.15) is 0 Å². The maximum atomic E-state index is 11.9. The van der Waals surface area contributed by atoms with E-state index in [1.807, 2.05) is 13.0 Å². The van der Waals surface area contributed by atoms with Gasteiger partial charge in [-0.1, -0.05) is 47.0 Å². The van der Waals surface area contributed by atoms with E-state index in [0.717, 1.165) is 5.56 Å². The van der Waals surface area contributed by atoms with Crippen LogP contribution in [0.5, 0.6) is 0 Å². The molecule has 0 aliphatic carbocycles. The van der Waals surface area contributed by atoms with Gasteiger partial charge in [-0.2, -0.15) is 0 Å². The average Bonchev–Trinajstić information content (AvgIpc) is 2.49. The summed E-state index contributed by atoms with van der Waals surface area (Å²) in [6.07, 6.45) is 0. The van der Waals surface area contributed by atoms with E-state index in [0.29, 0.717) is 16.3 Å². The molecule has 114 valence electrons. The lowest BCUT2D eigenvalue weighted by Crippen LogP contribution is -2.32. The number of carbonyl (C=O) groups is 2. The summed E-state index contributed by atoms with van der Waals surface area (Å²) >= 11 is 11.8. The predicted octanol–water partition coefficient (Wildman–Crippen LogP) is 3.67. The first-order valence-corrected chi connectivity index (χ1v) is 7.31. The molecule has 0 bridgehead atoms. The van der Waals surface area contributed by atoms with Crippen LogP contribution in [0.3, 0.4) is 0 Å². The van der Waals surface area contributed by atoms with Gasteiger partial charge in [0.05, 0.1) is 22.3 Å². The van der Waals surface area contributed by atoms with Crippen LogP contribution in [-0.2, 0) is 4.79 Å². The van der Waals surface area contributed by atoms with Crippen LogP contribution in [0.15, 0.2) is 42.5 Å². The number of nitrogens with one attached hydrogen (secondary N) is 2. The quantitative estimate of drug-likeness (QED) is 0.894. The molecule has 4 nitrogen and oxygen atoms in total. The molecule has 0 saturated heterocycles. The Balaban J connectivity index is 1.93. The van der Waals surface area contributed by atoms with Crippen molar-refractivity contribution in [3.05, 3.63) is 63.6 Å². The van der Waals surface area contributed by atoms with Gasteiger partial charge < -0.3 is 10.6 Å². The van der Waals surface area contributed by atoms with Gasteiger partial charge in [0.2, 0.25) is 5.91 Å². The lowest BCUT2D eigenvalue weighted by Gasteiger charge is -2.09. The van der Waals surface area contributed by atoms with E-state index in [1.54, 1.807) is 36.4 Å². The molecule has 22 heavy (non-hydrogen) atoms. The molecule has 0 heterocycles. The van der Waals surface area contributed by atoms with Gasteiger partial charge in [0.15, 0.2) is 0 Å². The number of aryl methyl sites for hydroxylation is 1. The van der Waals surface area contributed by atoms with Gasteiger partial charge in [-0.05, 0) is 31.2 Å². The largest absolute Gasteiger partial charge is 0.343 e. The van der Waals surface area contributed by atoms with E-state index in [4.69, 9.17) is 23.2 Å². The molecule has 2 aromatic rings. The summed E-state index contributed by atoms with van der Waals surface area (Å²) in [4.78, 5) is 23.8. The molecule has 6 heteroatoms.